The summed E-state index contributed by atoms with van der Waals surface area (Å²) in [5, 5.41) is 10.6. The van der Waals surface area contributed by atoms with Crippen molar-refractivity contribution >= 4 is 57.7 Å². The normalized spacial score (nSPS) is 11.7. The fourth-order valence-corrected chi connectivity index (χ4v) is 6.49. The zero-order valence-corrected chi connectivity index (χ0v) is 28.9. The van der Waals surface area contributed by atoms with Gasteiger partial charge < -0.3 is 25.4 Å². The van der Waals surface area contributed by atoms with Crippen molar-refractivity contribution in [3.05, 3.63) is 125 Å². The smallest absolute Gasteiger partial charge is 0.272 e. The average Bonchev–Trinajstić information content (AvgIpc) is 3.59. The Hall–Kier alpha value is -5.39. The zero-order chi connectivity index (χ0) is 34.6. The Kier molecular flexibility index (Phi) is 12.2. The van der Waals surface area contributed by atoms with Crippen molar-refractivity contribution < 1.29 is 23.9 Å². The van der Waals surface area contributed by atoms with E-state index in [4.69, 9.17) is 9.47 Å². The molecule has 4 aromatic carbocycles. The van der Waals surface area contributed by atoms with Gasteiger partial charge in [0.1, 0.15) is 17.2 Å². The zero-order valence-electron chi connectivity index (χ0n) is 27.3. The van der Waals surface area contributed by atoms with Gasteiger partial charge in [-0.2, -0.15) is 0 Å². The molecule has 0 spiro atoms. The number of nitrogens with zero attached hydrogens (tertiary/aromatic N) is 1. The number of carbonyl (C=O) groups is 3. The van der Waals surface area contributed by atoms with Gasteiger partial charge in [0.2, 0.25) is 5.91 Å². The molecule has 0 bridgehead atoms. The van der Waals surface area contributed by atoms with E-state index < -0.39 is 17.1 Å². The molecule has 1 unspecified atom stereocenters. The van der Waals surface area contributed by atoms with Gasteiger partial charge in [-0.25, -0.2) is 4.98 Å². The molecule has 0 saturated carbocycles. The maximum Gasteiger partial charge on any atom is 0.272 e. The molecule has 49 heavy (non-hydrogen) atoms. The average molecular weight is 693 g/mol. The van der Waals surface area contributed by atoms with Crippen LogP contribution < -0.4 is 25.4 Å². The summed E-state index contributed by atoms with van der Waals surface area (Å²) in [5.74, 6) is 0.324. The molecule has 0 aliphatic rings. The number of amides is 3. The van der Waals surface area contributed by atoms with Gasteiger partial charge in [0.15, 0.2) is 5.13 Å². The molecule has 11 heteroatoms. The number of hydrogen-bond acceptors (Lipinski definition) is 8. The van der Waals surface area contributed by atoms with Crippen molar-refractivity contribution in [2.45, 2.75) is 30.4 Å². The van der Waals surface area contributed by atoms with Crippen molar-refractivity contribution in [2.75, 3.05) is 24.4 Å². The highest BCUT2D eigenvalue weighted by Crippen LogP contribution is 2.33. The van der Waals surface area contributed by atoms with Crippen LogP contribution in [0.4, 0.5) is 10.8 Å². The minimum Gasteiger partial charge on any atom is -0.496 e. The topological polar surface area (TPSA) is 119 Å². The van der Waals surface area contributed by atoms with Crippen LogP contribution >= 0.6 is 23.1 Å². The van der Waals surface area contributed by atoms with Crippen molar-refractivity contribution in [1.29, 1.82) is 0 Å². The van der Waals surface area contributed by atoms with E-state index >= 15 is 0 Å². The number of carbonyl (C=O) groups excluding carboxylic acids is 3. The third kappa shape index (κ3) is 9.59. The number of methoxy groups -OCH3 is 1. The van der Waals surface area contributed by atoms with Crippen LogP contribution in [0.1, 0.15) is 36.2 Å². The summed E-state index contributed by atoms with van der Waals surface area (Å²) in [7, 11) is 1.61. The summed E-state index contributed by atoms with van der Waals surface area (Å²) >= 11 is 2.74. The first-order valence-corrected chi connectivity index (χ1v) is 17.4. The minimum absolute atomic E-state index is 0.0674. The molecule has 0 radical (unpaired) electrons. The summed E-state index contributed by atoms with van der Waals surface area (Å²) in [6, 6.07) is 30.8. The number of nitrogens with one attached hydrogen (secondary N) is 3. The number of para-hydroxylation sites is 1. The molecule has 3 N–H and O–H groups in total. The monoisotopic (exact) mass is 692 g/mol. The first kappa shape index (κ1) is 34.9. The van der Waals surface area contributed by atoms with Crippen molar-refractivity contribution in [1.82, 2.24) is 10.3 Å². The third-order valence-electron chi connectivity index (χ3n) is 7.18. The summed E-state index contributed by atoms with van der Waals surface area (Å²) in [5.41, 5.74) is 3.27. The van der Waals surface area contributed by atoms with Gasteiger partial charge in [0.25, 0.3) is 11.8 Å². The summed E-state index contributed by atoms with van der Waals surface area (Å²) < 4.78 is 11.0. The quantitative estimate of drug-likeness (QED) is 0.0794. The summed E-state index contributed by atoms with van der Waals surface area (Å²) in [6.07, 6.45) is 2.18. The van der Waals surface area contributed by atoms with E-state index in [1.807, 2.05) is 67.8 Å². The molecule has 9 nitrogen and oxygen atoms in total. The first-order chi connectivity index (χ1) is 23.9. The molecule has 1 heterocycles. The molecule has 250 valence electrons. The Labute approximate surface area is 293 Å². The van der Waals surface area contributed by atoms with E-state index in [1.54, 1.807) is 67.8 Å². The van der Waals surface area contributed by atoms with Crippen LogP contribution in [0.15, 0.2) is 119 Å². The van der Waals surface area contributed by atoms with Crippen LogP contribution in [0.2, 0.25) is 0 Å². The van der Waals surface area contributed by atoms with E-state index in [9.17, 15) is 14.4 Å². The second kappa shape index (κ2) is 17.1. The molecule has 1 aromatic heterocycles. The van der Waals surface area contributed by atoms with Gasteiger partial charge in [-0.05, 0) is 79.6 Å². The second-order valence-corrected chi connectivity index (χ2v) is 12.7. The highest BCUT2D eigenvalue weighted by molar-refractivity contribution is 8.00. The first-order valence-electron chi connectivity index (χ1n) is 15.7. The summed E-state index contributed by atoms with van der Waals surface area (Å²) in [6.45, 7) is 4.38. The molecule has 5 aromatic rings. The van der Waals surface area contributed by atoms with E-state index in [0.717, 1.165) is 16.2 Å². The lowest BCUT2D eigenvalue weighted by Gasteiger charge is -2.15. The summed E-state index contributed by atoms with van der Waals surface area (Å²) in [4.78, 5) is 45.3. The Bertz CT molecular complexity index is 1930. The molecule has 1 atom stereocenters. The SMILES string of the molecule is CCOc1ccc(/C=C(/NC(=O)c2ccccc2)C(=O)Nc2cccc(SC(CC)C(=O)Nc3nc(-c4ccccc4OC)cs3)c2)cc1. The highest BCUT2D eigenvalue weighted by Gasteiger charge is 2.21. The van der Waals surface area contributed by atoms with Crippen molar-refractivity contribution in [2.24, 2.45) is 0 Å². The Balaban J connectivity index is 1.28. The van der Waals surface area contributed by atoms with E-state index in [-0.39, 0.29) is 11.6 Å². The fourth-order valence-electron chi connectivity index (χ4n) is 4.77. The van der Waals surface area contributed by atoms with Crippen LogP contribution in [0.5, 0.6) is 11.5 Å². The predicted octanol–water partition coefficient (Wildman–Crippen LogP) is 8.14. The molecule has 5 rings (SSSR count). The Morgan fingerprint density at radius 3 is 2.39 bits per heavy atom. The maximum absolute atomic E-state index is 13.6. The number of hydrogen-bond donors (Lipinski definition) is 3. The molecular formula is C38H36N4O5S2. The molecule has 3 amide bonds. The predicted molar refractivity (Wildman–Crippen MR) is 197 cm³/mol. The third-order valence-corrected chi connectivity index (χ3v) is 9.30. The van der Waals surface area contributed by atoms with Gasteiger partial charge >= 0.3 is 0 Å². The number of rotatable bonds is 14. The van der Waals surface area contributed by atoms with E-state index in [1.165, 1.54) is 23.1 Å². The second-order valence-electron chi connectivity index (χ2n) is 10.6. The molecule has 0 aliphatic carbocycles. The molecular weight excluding hydrogens is 657 g/mol. The lowest BCUT2D eigenvalue weighted by molar-refractivity contribution is -0.116. The number of ether oxygens (including phenoxy) is 2. The maximum atomic E-state index is 13.6. The van der Waals surface area contributed by atoms with E-state index in [0.29, 0.717) is 46.5 Å². The van der Waals surface area contributed by atoms with Crippen LogP contribution in [0.25, 0.3) is 17.3 Å². The van der Waals surface area contributed by atoms with Gasteiger partial charge in [-0.15, -0.1) is 23.1 Å². The molecule has 0 fully saturated rings. The number of thioether (sulfide) groups is 1. The fraction of sp³-hybridized carbons (Fsp3) is 0.158. The van der Waals surface area contributed by atoms with Crippen molar-refractivity contribution in [3.8, 4) is 22.8 Å². The standard InChI is InChI=1S/C38H36N4O5S2/c1-4-34(37(45)42-38-41-32(24-48-38)30-16-9-10-17-33(30)46-3)49-29-15-11-14-27(23-29)39-36(44)31(40-35(43)26-12-7-6-8-13-26)22-25-18-20-28(21-19-25)47-5-2/h6-24,34H,4-5H2,1-3H3,(H,39,44)(H,40,43)(H,41,42,45)/b31-22+. The lowest BCUT2D eigenvalue weighted by atomic mass is 10.1. The minimum atomic E-state index is -0.500. The Morgan fingerprint density at radius 2 is 1.65 bits per heavy atom. The Morgan fingerprint density at radius 1 is 0.898 bits per heavy atom. The van der Waals surface area contributed by atoms with Gasteiger partial charge in [-0.3, -0.25) is 14.4 Å². The molecule has 0 aliphatic heterocycles. The van der Waals surface area contributed by atoms with Crippen LogP contribution in [-0.4, -0.2) is 41.7 Å². The molecule has 0 saturated heterocycles. The van der Waals surface area contributed by atoms with Gasteiger partial charge in [0, 0.05) is 27.1 Å². The van der Waals surface area contributed by atoms with Crippen molar-refractivity contribution in [3.63, 3.8) is 0 Å². The highest BCUT2D eigenvalue weighted by atomic mass is 32.2. The largest absolute Gasteiger partial charge is 0.496 e. The number of thiazole rings is 1. The lowest BCUT2D eigenvalue weighted by Crippen LogP contribution is -2.30. The number of aromatic nitrogens is 1. The number of benzene rings is 4. The van der Waals surface area contributed by atoms with Gasteiger partial charge in [-0.1, -0.05) is 55.5 Å². The van der Waals surface area contributed by atoms with E-state index in [2.05, 4.69) is 20.9 Å². The van der Waals surface area contributed by atoms with Crippen LogP contribution in [0, 0.1) is 0 Å². The van der Waals surface area contributed by atoms with Gasteiger partial charge in [0.05, 0.1) is 24.7 Å². The van der Waals surface area contributed by atoms with Crippen LogP contribution in [-0.2, 0) is 9.59 Å². The van der Waals surface area contributed by atoms with Crippen LogP contribution in [0.3, 0.4) is 0 Å². The number of anilines is 2.